The number of amides is 1. The van der Waals surface area contributed by atoms with Crippen molar-refractivity contribution < 1.29 is 4.79 Å². The third-order valence-electron chi connectivity index (χ3n) is 3.67. The highest BCUT2D eigenvalue weighted by molar-refractivity contribution is 7.99. The second-order valence-electron chi connectivity index (χ2n) is 6.20. The van der Waals surface area contributed by atoms with Crippen molar-refractivity contribution in [1.29, 1.82) is 0 Å². The van der Waals surface area contributed by atoms with Gasteiger partial charge in [-0.15, -0.1) is 11.8 Å². The van der Waals surface area contributed by atoms with E-state index in [0.717, 1.165) is 28.4 Å². The second-order valence-corrected chi connectivity index (χ2v) is 7.62. The van der Waals surface area contributed by atoms with Crippen LogP contribution in [0.5, 0.6) is 0 Å². The van der Waals surface area contributed by atoms with E-state index in [1.54, 1.807) is 4.68 Å². The first-order valence-electron chi connectivity index (χ1n) is 8.42. The fourth-order valence-corrected chi connectivity index (χ4v) is 3.48. The summed E-state index contributed by atoms with van der Waals surface area (Å²) in [6.07, 6.45) is 0. The van der Waals surface area contributed by atoms with E-state index in [4.69, 9.17) is 11.6 Å². The Morgan fingerprint density at radius 1 is 1.07 bits per heavy atom. The fourth-order valence-electron chi connectivity index (χ4n) is 2.56. The zero-order chi connectivity index (χ0) is 19.4. The SMILES string of the molecule is Cc1cc(C)nc(-n2nc(C)cc2NC(=O)CSCc2ccc(Cl)cc2)n1. The highest BCUT2D eigenvalue weighted by Crippen LogP contribution is 2.18. The van der Waals surface area contributed by atoms with Gasteiger partial charge >= 0.3 is 0 Å². The van der Waals surface area contributed by atoms with Crippen molar-refractivity contribution in [2.45, 2.75) is 26.5 Å². The van der Waals surface area contributed by atoms with E-state index < -0.39 is 0 Å². The summed E-state index contributed by atoms with van der Waals surface area (Å²) in [6, 6.07) is 11.3. The number of rotatable bonds is 6. The Labute approximate surface area is 167 Å². The molecule has 0 atom stereocenters. The number of thioether (sulfide) groups is 1. The van der Waals surface area contributed by atoms with E-state index in [2.05, 4.69) is 20.4 Å². The summed E-state index contributed by atoms with van der Waals surface area (Å²) < 4.78 is 1.57. The van der Waals surface area contributed by atoms with Gasteiger partial charge in [0.1, 0.15) is 5.82 Å². The predicted molar refractivity (Wildman–Crippen MR) is 110 cm³/mol. The van der Waals surface area contributed by atoms with Crippen LogP contribution in [0, 0.1) is 20.8 Å². The molecule has 2 aromatic heterocycles. The molecular weight excluding hydrogens is 382 g/mol. The fraction of sp³-hybridized carbons (Fsp3) is 0.263. The average Bonchev–Trinajstić information content (AvgIpc) is 2.96. The molecule has 0 bridgehead atoms. The Morgan fingerprint density at radius 3 is 2.41 bits per heavy atom. The molecule has 0 unspecified atom stereocenters. The first-order valence-corrected chi connectivity index (χ1v) is 9.95. The molecule has 0 saturated heterocycles. The molecule has 0 fully saturated rings. The Balaban J connectivity index is 1.65. The minimum Gasteiger partial charge on any atom is -0.310 e. The molecule has 0 aliphatic rings. The van der Waals surface area contributed by atoms with Crippen LogP contribution in [-0.4, -0.2) is 31.4 Å². The summed E-state index contributed by atoms with van der Waals surface area (Å²) in [7, 11) is 0. The number of nitrogens with zero attached hydrogens (tertiary/aromatic N) is 4. The lowest BCUT2D eigenvalue weighted by Gasteiger charge is -2.09. The van der Waals surface area contributed by atoms with Crippen molar-refractivity contribution in [3.8, 4) is 5.95 Å². The van der Waals surface area contributed by atoms with E-state index in [1.165, 1.54) is 11.8 Å². The molecule has 0 aliphatic carbocycles. The Hall–Kier alpha value is -2.38. The number of carbonyl (C=O) groups is 1. The van der Waals surface area contributed by atoms with Crippen LogP contribution in [0.15, 0.2) is 36.4 Å². The van der Waals surface area contributed by atoms with Crippen LogP contribution in [0.3, 0.4) is 0 Å². The molecule has 0 aliphatic heterocycles. The van der Waals surface area contributed by atoms with Gasteiger partial charge in [0, 0.05) is 28.2 Å². The molecule has 1 amide bonds. The van der Waals surface area contributed by atoms with Crippen molar-refractivity contribution in [1.82, 2.24) is 19.7 Å². The van der Waals surface area contributed by atoms with Crippen LogP contribution in [0.25, 0.3) is 5.95 Å². The minimum atomic E-state index is -0.0977. The molecule has 140 valence electrons. The maximum absolute atomic E-state index is 12.3. The van der Waals surface area contributed by atoms with Gasteiger partial charge in [-0.3, -0.25) is 4.79 Å². The minimum absolute atomic E-state index is 0.0977. The molecule has 1 aromatic carbocycles. The number of aryl methyl sites for hydroxylation is 3. The molecule has 27 heavy (non-hydrogen) atoms. The molecule has 0 radical (unpaired) electrons. The predicted octanol–water partition coefficient (Wildman–Crippen LogP) is 4.11. The number of nitrogens with one attached hydrogen (secondary N) is 1. The summed E-state index contributed by atoms with van der Waals surface area (Å²) in [5, 5.41) is 8.02. The zero-order valence-electron chi connectivity index (χ0n) is 15.4. The summed E-state index contributed by atoms with van der Waals surface area (Å²) in [4.78, 5) is 21.2. The van der Waals surface area contributed by atoms with Crippen molar-refractivity contribution in [3.63, 3.8) is 0 Å². The number of halogens is 1. The van der Waals surface area contributed by atoms with Crippen LogP contribution < -0.4 is 5.32 Å². The maximum Gasteiger partial charge on any atom is 0.252 e. The van der Waals surface area contributed by atoms with Crippen LogP contribution in [0.2, 0.25) is 5.02 Å². The quantitative estimate of drug-likeness (QED) is 0.672. The summed E-state index contributed by atoms with van der Waals surface area (Å²) in [5.74, 6) is 1.99. The van der Waals surface area contributed by atoms with Crippen molar-refractivity contribution in [3.05, 3.63) is 64.1 Å². The third kappa shape index (κ3) is 5.30. The lowest BCUT2D eigenvalue weighted by atomic mass is 10.2. The van der Waals surface area contributed by atoms with Gasteiger partial charge in [0.2, 0.25) is 5.91 Å². The lowest BCUT2D eigenvalue weighted by Crippen LogP contribution is -2.18. The maximum atomic E-state index is 12.3. The Bertz CT molecular complexity index is 935. The average molecular weight is 402 g/mol. The van der Waals surface area contributed by atoms with E-state index in [-0.39, 0.29) is 5.91 Å². The number of anilines is 1. The monoisotopic (exact) mass is 401 g/mol. The van der Waals surface area contributed by atoms with Crippen LogP contribution in [-0.2, 0) is 10.5 Å². The van der Waals surface area contributed by atoms with E-state index >= 15 is 0 Å². The van der Waals surface area contributed by atoms with Crippen LogP contribution in [0.4, 0.5) is 5.82 Å². The second kappa shape index (κ2) is 8.54. The van der Waals surface area contributed by atoms with Crippen molar-refractivity contribution in [2.75, 3.05) is 11.1 Å². The number of benzene rings is 1. The molecule has 3 aromatic rings. The highest BCUT2D eigenvalue weighted by atomic mass is 35.5. The highest BCUT2D eigenvalue weighted by Gasteiger charge is 2.13. The zero-order valence-corrected chi connectivity index (χ0v) is 16.9. The first kappa shape index (κ1) is 19.4. The van der Waals surface area contributed by atoms with Crippen molar-refractivity contribution in [2.24, 2.45) is 0 Å². The summed E-state index contributed by atoms with van der Waals surface area (Å²) in [5.41, 5.74) is 3.60. The Morgan fingerprint density at radius 2 is 1.74 bits per heavy atom. The molecule has 0 saturated carbocycles. The van der Waals surface area contributed by atoms with E-state index in [9.17, 15) is 4.79 Å². The van der Waals surface area contributed by atoms with Crippen molar-refractivity contribution >= 4 is 35.1 Å². The normalized spacial score (nSPS) is 10.8. The third-order valence-corrected chi connectivity index (χ3v) is 4.93. The molecule has 8 heteroatoms. The number of carbonyl (C=O) groups excluding carboxylic acids is 1. The molecular formula is C19H20ClN5OS. The summed E-state index contributed by atoms with van der Waals surface area (Å²) in [6.45, 7) is 5.67. The van der Waals surface area contributed by atoms with Gasteiger partial charge in [0.15, 0.2) is 0 Å². The lowest BCUT2D eigenvalue weighted by molar-refractivity contribution is -0.113. The Kier molecular flexibility index (Phi) is 6.13. The van der Waals surface area contributed by atoms with Gasteiger partial charge in [-0.2, -0.15) is 9.78 Å². The van der Waals surface area contributed by atoms with Crippen LogP contribution in [0.1, 0.15) is 22.6 Å². The largest absolute Gasteiger partial charge is 0.310 e. The number of aromatic nitrogens is 4. The van der Waals surface area contributed by atoms with Gasteiger partial charge in [0.25, 0.3) is 5.95 Å². The molecule has 0 spiro atoms. The first-order chi connectivity index (χ1) is 12.9. The van der Waals surface area contributed by atoms with Gasteiger partial charge in [0.05, 0.1) is 11.4 Å². The number of hydrogen-bond acceptors (Lipinski definition) is 5. The standard InChI is InChI=1S/C19H20ClN5OS/c1-12-8-13(2)22-19(21-12)25-17(9-14(3)24-25)23-18(26)11-27-10-15-4-6-16(20)7-5-15/h4-9H,10-11H2,1-3H3,(H,23,26). The topological polar surface area (TPSA) is 72.7 Å². The summed E-state index contributed by atoms with van der Waals surface area (Å²) >= 11 is 7.42. The van der Waals surface area contributed by atoms with E-state index in [1.807, 2.05) is 57.2 Å². The van der Waals surface area contributed by atoms with E-state index in [0.29, 0.717) is 22.5 Å². The van der Waals surface area contributed by atoms with Gasteiger partial charge < -0.3 is 5.32 Å². The molecule has 6 nitrogen and oxygen atoms in total. The van der Waals surface area contributed by atoms with Gasteiger partial charge in [-0.05, 0) is 44.5 Å². The molecule has 2 heterocycles. The van der Waals surface area contributed by atoms with Crippen LogP contribution >= 0.6 is 23.4 Å². The molecule has 1 N–H and O–H groups in total. The van der Waals surface area contributed by atoms with Gasteiger partial charge in [-0.25, -0.2) is 9.97 Å². The number of hydrogen-bond donors (Lipinski definition) is 1. The molecule has 3 rings (SSSR count). The van der Waals surface area contributed by atoms with Gasteiger partial charge in [-0.1, -0.05) is 23.7 Å². The smallest absolute Gasteiger partial charge is 0.252 e.